The van der Waals surface area contributed by atoms with E-state index in [0.717, 1.165) is 47.9 Å². The fourth-order valence-electron chi connectivity index (χ4n) is 5.08. The van der Waals surface area contributed by atoms with E-state index in [4.69, 9.17) is 4.74 Å². The summed E-state index contributed by atoms with van der Waals surface area (Å²) in [6.45, 7) is 0.111. The van der Waals surface area contributed by atoms with Gasteiger partial charge >= 0.3 is 5.97 Å². The fraction of sp³-hybridized carbons (Fsp3) is 0.375. The predicted molar refractivity (Wildman–Crippen MR) is 107 cm³/mol. The Hall–Kier alpha value is -2.95. The van der Waals surface area contributed by atoms with E-state index in [1.807, 2.05) is 48.5 Å². The van der Waals surface area contributed by atoms with Gasteiger partial charge in [-0.1, -0.05) is 61.4 Å². The van der Waals surface area contributed by atoms with Gasteiger partial charge in [-0.05, 0) is 24.0 Å². The number of fused-ring (bicyclic) bond motifs is 4. The first-order chi connectivity index (χ1) is 14.1. The van der Waals surface area contributed by atoms with Gasteiger partial charge in [0.05, 0.1) is 18.3 Å². The minimum atomic E-state index is -0.442. The molecule has 2 aromatic rings. The van der Waals surface area contributed by atoms with Gasteiger partial charge in [0.25, 0.3) is 0 Å². The van der Waals surface area contributed by atoms with E-state index in [9.17, 15) is 14.4 Å². The Balaban J connectivity index is 1.28. The smallest absolute Gasteiger partial charge is 0.308 e. The van der Waals surface area contributed by atoms with Crippen LogP contribution in [0.3, 0.4) is 0 Å². The minimum absolute atomic E-state index is 0.0255. The molecular weight excluding hydrogens is 366 g/mol. The molecule has 0 spiro atoms. The SMILES string of the molecule is O=C(CCN1C(=O)[C@H]2CCCC[C@H]2C1=O)OC1c2ccccc2-c2ccccc21. The van der Waals surface area contributed by atoms with Crippen molar-refractivity contribution < 1.29 is 19.1 Å². The Morgan fingerprint density at radius 3 is 1.93 bits per heavy atom. The van der Waals surface area contributed by atoms with E-state index in [-0.39, 0.29) is 36.6 Å². The summed E-state index contributed by atoms with van der Waals surface area (Å²) in [4.78, 5) is 39.1. The molecule has 3 aliphatic rings. The molecular formula is C24H23NO4. The number of hydrogen-bond donors (Lipinski definition) is 0. The Bertz CT molecular complexity index is 928. The topological polar surface area (TPSA) is 63.7 Å². The second-order valence-corrected chi connectivity index (χ2v) is 8.12. The maximum atomic E-state index is 12.6. The average Bonchev–Trinajstić information content (AvgIpc) is 3.20. The largest absolute Gasteiger partial charge is 0.452 e. The van der Waals surface area contributed by atoms with Gasteiger partial charge in [0, 0.05) is 17.7 Å². The van der Waals surface area contributed by atoms with Crippen LogP contribution in [0.15, 0.2) is 48.5 Å². The molecule has 2 atom stereocenters. The number of imide groups is 1. The van der Waals surface area contributed by atoms with Gasteiger partial charge in [0.1, 0.15) is 0 Å². The molecule has 1 heterocycles. The highest BCUT2D eigenvalue weighted by atomic mass is 16.5. The number of rotatable bonds is 4. The third-order valence-corrected chi connectivity index (χ3v) is 6.50. The van der Waals surface area contributed by atoms with Crippen molar-refractivity contribution >= 4 is 17.8 Å². The van der Waals surface area contributed by atoms with Crippen LogP contribution >= 0.6 is 0 Å². The Labute approximate surface area is 169 Å². The van der Waals surface area contributed by atoms with E-state index >= 15 is 0 Å². The van der Waals surface area contributed by atoms with E-state index < -0.39 is 12.1 Å². The second-order valence-electron chi connectivity index (χ2n) is 8.12. The van der Waals surface area contributed by atoms with Crippen LogP contribution in [-0.2, 0) is 19.1 Å². The van der Waals surface area contributed by atoms with Gasteiger partial charge in [0.15, 0.2) is 6.10 Å². The molecule has 1 saturated carbocycles. The molecule has 2 aromatic carbocycles. The summed E-state index contributed by atoms with van der Waals surface area (Å²) >= 11 is 0. The number of hydrogen-bond acceptors (Lipinski definition) is 4. The van der Waals surface area contributed by atoms with Crippen molar-refractivity contribution in [1.82, 2.24) is 4.90 Å². The summed E-state index contributed by atoms with van der Waals surface area (Å²) in [6.07, 6.45) is 3.14. The van der Waals surface area contributed by atoms with Crippen LogP contribution in [0.2, 0.25) is 0 Å². The molecule has 29 heavy (non-hydrogen) atoms. The van der Waals surface area contributed by atoms with Crippen molar-refractivity contribution in [2.75, 3.05) is 6.54 Å². The van der Waals surface area contributed by atoms with Crippen LogP contribution in [-0.4, -0.2) is 29.2 Å². The Morgan fingerprint density at radius 1 is 0.862 bits per heavy atom. The summed E-state index contributed by atoms with van der Waals surface area (Å²) in [5.74, 6) is -0.966. The lowest BCUT2D eigenvalue weighted by Gasteiger charge is -2.19. The lowest BCUT2D eigenvalue weighted by Crippen LogP contribution is -2.33. The minimum Gasteiger partial charge on any atom is -0.452 e. The number of carbonyl (C=O) groups excluding carboxylic acids is 3. The number of carbonyl (C=O) groups is 3. The highest BCUT2D eigenvalue weighted by Gasteiger charge is 2.48. The number of esters is 1. The number of ether oxygens (including phenoxy) is 1. The first-order valence-corrected chi connectivity index (χ1v) is 10.4. The summed E-state index contributed by atoms with van der Waals surface area (Å²) in [5.41, 5.74) is 4.10. The lowest BCUT2D eigenvalue weighted by molar-refractivity contribution is -0.148. The van der Waals surface area contributed by atoms with Crippen molar-refractivity contribution in [3.63, 3.8) is 0 Å². The summed E-state index contributed by atoms with van der Waals surface area (Å²) in [7, 11) is 0. The van der Waals surface area contributed by atoms with Gasteiger partial charge in [-0.25, -0.2) is 0 Å². The number of benzene rings is 2. The van der Waals surface area contributed by atoms with E-state index in [1.54, 1.807) is 0 Å². The zero-order valence-corrected chi connectivity index (χ0v) is 16.2. The number of amides is 2. The van der Waals surface area contributed by atoms with E-state index in [0.29, 0.717) is 0 Å². The van der Waals surface area contributed by atoms with Crippen LogP contribution in [0.5, 0.6) is 0 Å². The molecule has 5 heteroatoms. The number of nitrogens with zero attached hydrogens (tertiary/aromatic N) is 1. The van der Waals surface area contributed by atoms with Crippen LogP contribution in [0.4, 0.5) is 0 Å². The standard InChI is InChI=1S/C24H23NO4/c26-21(13-14-25-23(27)19-11-5-6-12-20(19)24(25)28)29-22-17-9-3-1-7-15(17)16-8-2-4-10-18(16)22/h1-4,7-10,19-20,22H,5-6,11-14H2/t19-,20+. The molecule has 2 fully saturated rings. The second kappa shape index (κ2) is 7.14. The lowest BCUT2D eigenvalue weighted by atomic mass is 9.81. The normalized spacial score (nSPS) is 23.0. The maximum Gasteiger partial charge on any atom is 0.308 e. The number of likely N-dealkylation sites (tertiary alicyclic amines) is 1. The molecule has 2 amide bonds. The van der Waals surface area contributed by atoms with Gasteiger partial charge < -0.3 is 4.74 Å². The molecule has 0 N–H and O–H groups in total. The van der Waals surface area contributed by atoms with Crippen LogP contribution in [0.25, 0.3) is 11.1 Å². The summed E-state index contributed by atoms with van der Waals surface area (Å²) < 4.78 is 5.83. The molecule has 148 valence electrons. The molecule has 0 bridgehead atoms. The molecule has 1 saturated heterocycles. The van der Waals surface area contributed by atoms with Gasteiger partial charge in [-0.3, -0.25) is 19.3 Å². The monoisotopic (exact) mass is 389 g/mol. The van der Waals surface area contributed by atoms with Crippen molar-refractivity contribution in [3.8, 4) is 11.1 Å². The molecule has 2 aliphatic carbocycles. The van der Waals surface area contributed by atoms with Crippen LogP contribution in [0.1, 0.15) is 49.3 Å². The molecule has 5 rings (SSSR count). The zero-order chi connectivity index (χ0) is 20.0. The maximum absolute atomic E-state index is 12.6. The van der Waals surface area contributed by atoms with E-state index in [1.165, 1.54) is 4.90 Å². The molecule has 1 aliphatic heterocycles. The molecule has 0 unspecified atom stereocenters. The third-order valence-electron chi connectivity index (χ3n) is 6.50. The fourth-order valence-corrected chi connectivity index (χ4v) is 5.08. The Morgan fingerprint density at radius 2 is 1.38 bits per heavy atom. The Kier molecular flexibility index (Phi) is 4.46. The first kappa shape index (κ1) is 18.1. The highest BCUT2D eigenvalue weighted by molar-refractivity contribution is 6.05. The van der Waals surface area contributed by atoms with Gasteiger partial charge in [-0.15, -0.1) is 0 Å². The summed E-state index contributed by atoms with van der Waals surface area (Å²) in [5, 5.41) is 0. The first-order valence-electron chi connectivity index (χ1n) is 10.4. The predicted octanol–water partition coefficient (Wildman–Crippen LogP) is 3.86. The van der Waals surface area contributed by atoms with Crippen molar-refractivity contribution in [2.45, 2.75) is 38.2 Å². The molecule has 5 nitrogen and oxygen atoms in total. The van der Waals surface area contributed by atoms with Crippen molar-refractivity contribution in [2.24, 2.45) is 11.8 Å². The van der Waals surface area contributed by atoms with Crippen molar-refractivity contribution in [1.29, 1.82) is 0 Å². The van der Waals surface area contributed by atoms with Crippen molar-refractivity contribution in [3.05, 3.63) is 59.7 Å². The quantitative estimate of drug-likeness (QED) is 0.588. The molecule has 0 radical (unpaired) electrons. The molecule has 0 aromatic heterocycles. The highest BCUT2D eigenvalue weighted by Crippen LogP contribution is 2.45. The van der Waals surface area contributed by atoms with Crippen LogP contribution in [0, 0.1) is 11.8 Å². The van der Waals surface area contributed by atoms with Gasteiger partial charge in [0.2, 0.25) is 11.8 Å². The average molecular weight is 389 g/mol. The third kappa shape index (κ3) is 2.96. The van der Waals surface area contributed by atoms with Crippen LogP contribution < -0.4 is 0 Å². The zero-order valence-electron chi connectivity index (χ0n) is 16.2. The summed E-state index contributed by atoms with van der Waals surface area (Å²) in [6, 6.07) is 15.9. The van der Waals surface area contributed by atoms with E-state index in [2.05, 4.69) is 0 Å². The van der Waals surface area contributed by atoms with Gasteiger partial charge in [-0.2, -0.15) is 0 Å².